The van der Waals surface area contributed by atoms with Gasteiger partial charge in [-0.1, -0.05) is 35.9 Å². The minimum absolute atomic E-state index is 0.0366. The molecule has 2 aromatic carbocycles. The lowest BCUT2D eigenvalue weighted by Crippen LogP contribution is -2.29. The summed E-state index contributed by atoms with van der Waals surface area (Å²) in [6.45, 7) is 0. The van der Waals surface area contributed by atoms with Crippen LogP contribution < -0.4 is 5.32 Å². The number of rotatable bonds is 8. The van der Waals surface area contributed by atoms with Gasteiger partial charge in [-0.25, -0.2) is 4.39 Å². The Labute approximate surface area is 150 Å². The molecule has 1 amide bonds. The summed E-state index contributed by atoms with van der Waals surface area (Å²) < 4.78 is 13.6. The van der Waals surface area contributed by atoms with Gasteiger partial charge in [0.05, 0.1) is 6.04 Å². The predicted molar refractivity (Wildman–Crippen MR) is 93.9 cm³/mol. The Morgan fingerprint density at radius 3 is 2.32 bits per heavy atom. The molecule has 0 aliphatic heterocycles. The van der Waals surface area contributed by atoms with Crippen LogP contribution in [-0.4, -0.2) is 17.0 Å². The number of amides is 1. The van der Waals surface area contributed by atoms with Crippen LogP contribution in [0.3, 0.4) is 0 Å². The van der Waals surface area contributed by atoms with Crippen molar-refractivity contribution in [1.29, 1.82) is 0 Å². The van der Waals surface area contributed by atoms with Gasteiger partial charge in [-0.2, -0.15) is 0 Å². The van der Waals surface area contributed by atoms with E-state index in [1.54, 1.807) is 30.3 Å². The number of carbonyl (C=O) groups is 2. The first-order valence-electron chi connectivity index (χ1n) is 7.98. The molecule has 132 valence electrons. The van der Waals surface area contributed by atoms with Crippen LogP contribution in [0.4, 0.5) is 4.39 Å². The minimum atomic E-state index is -0.878. The van der Waals surface area contributed by atoms with Gasteiger partial charge >= 0.3 is 5.97 Å². The fourth-order valence-electron chi connectivity index (χ4n) is 2.53. The highest BCUT2D eigenvalue weighted by atomic mass is 35.5. The summed E-state index contributed by atoms with van der Waals surface area (Å²) in [5.74, 6) is -1.49. The van der Waals surface area contributed by atoms with Crippen LogP contribution in [-0.2, 0) is 9.59 Å². The summed E-state index contributed by atoms with van der Waals surface area (Å²) in [7, 11) is 0. The quantitative estimate of drug-likeness (QED) is 0.686. The van der Waals surface area contributed by atoms with Crippen LogP contribution in [0.15, 0.2) is 48.5 Å². The molecule has 2 N–H and O–H groups in total. The van der Waals surface area contributed by atoms with Crippen molar-refractivity contribution in [3.05, 3.63) is 70.5 Å². The summed E-state index contributed by atoms with van der Waals surface area (Å²) in [5, 5.41) is 12.0. The highest BCUT2D eigenvalue weighted by molar-refractivity contribution is 6.30. The van der Waals surface area contributed by atoms with E-state index in [-0.39, 0.29) is 24.6 Å². The van der Waals surface area contributed by atoms with Gasteiger partial charge in [0, 0.05) is 17.9 Å². The molecule has 0 radical (unpaired) electrons. The summed E-state index contributed by atoms with van der Waals surface area (Å²) in [6, 6.07) is 12.5. The van der Waals surface area contributed by atoms with Crippen molar-refractivity contribution < 1.29 is 19.1 Å². The Bertz CT molecular complexity index is 705. The van der Waals surface area contributed by atoms with Gasteiger partial charge in [0.2, 0.25) is 5.91 Å². The second-order valence-electron chi connectivity index (χ2n) is 5.71. The van der Waals surface area contributed by atoms with Crippen molar-refractivity contribution in [2.45, 2.75) is 31.7 Å². The number of aliphatic carboxylic acids is 1. The second-order valence-corrected chi connectivity index (χ2v) is 6.15. The third-order valence-corrected chi connectivity index (χ3v) is 3.95. The molecular formula is C19H19ClFNO3. The third kappa shape index (κ3) is 6.19. The first kappa shape index (κ1) is 18.9. The number of halogens is 2. The van der Waals surface area contributed by atoms with Crippen molar-refractivity contribution in [3.63, 3.8) is 0 Å². The Balaban J connectivity index is 2.12. The maximum absolute atomic E-state index is 13.6. The van der Waals surface area contributed by atoms with Crippen molar-refractivity contribution in [2.75, 3.05) is 0 Å². The van der Waals surface area contributed by atoms with E-state index in [4.69, 9.17) is 16.7 Å². The average molecular weight is 364 g/mol. The molecule has 6 heteroatoms. The fourth-order valence-corrected chi connectivity index (χ4v) is 2.73. The molecule has 0 heterocycles. The summed E-state index contributed by atoms with van der Waals surface area (Å²) >= 11 is 6.03. The monoisotopic (exact) mass is 363 g/mol. The number of hydrogen-bond acceptors (Lipinski definition) is 2. The van der Waals surface area contributed by atoms with Crippen molar-refractivity contribution in [2.24, 2.45) is 0 Å². The van der Waals surface area contributed by atoms with Crippen LogP contribution in [0, 0.1) is 5.82 Å². The van der Waals surface area contributed by atoms with Crippen LogP contribution in [0.2, 0.25) is 5.02 Å². The van der Waals surface area contributed by atoms with E-state index in [2.05, 4.69) is 5.32 Å². The van der Waals surface area contributed by atoms with Crippen LogP contribution in [0.1, 0.15) is 42.9 Å². The molecule has 0 fully saturated rings. The van der Waals surface area contributed by atoms with E-state index in [0.717, 1.165) is 5.56 Å². The summed E-state index contributed by atoms with van der Waals surface area (Å²) in [4.78, 5) is 22.7. The first-order valence-corrected chi connectivity index (χ1v) is 8.35. The smallest absolute Gasteiger partial charge is 0.303 e. The van der Waals surface area contributed by atoms with Crippen molar-refractivity contribution in [1.82, 2.24) is 5.32 Å². The Morgan fingerprint density at radius 2 is 1.68 bits per heavy atom. The zero-order chi connectivity index (χ0) is 18.2. The first-order chi connectivity index (χ1) is 12.0. The average Bonchev–Trinajstić information content (AvgIpc) is 2.56. The zero-order valence-electron chi connectivity index (χ0n) is 13.5. The fraction of sp³-hybridized carbons (Fsp3) is 0.263. The molecule has 0 aliphatic rings. The van der Waals surface area contributed by atoms with Crippen molar-refractivity contribution >= 4 is 23.5 Å². The van der Waals surface area contributed by atoms with Gasteiger partial charge < -0.3 is 10.4 Å². The summed E-state index contributed by atoms with van der Waals surface area (Å²) in [5.41, 5.74) is 1.36. The minimum Gasteiger partial charge on any atom is -0.481 e. The number of nitrogens with one attached hydrogen (secondary N) is 1. The predicted octanol–water partition coefficient (Wildman–Crippen LogP) is 4.33. The largest absolute Gasteiger partial charge is 0.481 e. The molecule has 0 bridgehead atoms. The number of carboxylic acids is 1. The number of benzene rings is 2. The van der Waals surface area contributed by atoms with E-state index < -0.39 is 12.0 Å². The highest BCUT2D eigenvalue weighted by Crippen LogP contribution is 2.25. The van der Waals surface area contributed by atoms with Crippen LogP contribution >= 0.6 is 11.6 Å². The maximum atomic E-state index is 13.6. The van der Waals surface area contributed by atoms with Crippen LogP contribution in [0.25, 0.3) is 0 Å². The highest BCUT2D eigenvalue weighted by Gasteiger charge is 2.17. The molecule has 0 aliphatic carbocycles. The lowest BCUT2D eigenvalue weighted by Gasteiger charge is -2.20. The molecule has 0 aromatic heterocycles. The summed E-state index contributed by atoms with van der Waals surface area (Å²) in [6.07, 6.45) is 1.16. The molecule has 25 heavy (non-hydrogen) atoms. The normalized spacial score (nSPS) is 11.8. The van der Waals surface area contributed by atoms with Crippen LogP contribution in [0.5, 0.6) is 0 Å². The standard InChI is InChI=1S/C19H19ClFNO3/c20-15-7-3-5-13(11-15)19(14-6-4-8-16(21)12-14)22-17(23)9-1-2-10-18(24)25/h3-8,11-12,19H,1-2,9-10H2,(H,22,23)(H,24,25). The molecule has 0 saturated carbocycles. The Kier molecular flexibility index (Phi) is 6.95. The molecule has 1 unspecified atom stereocenters. The van der Waals surface area contributed by atoms with E-state index >= 15 is 0 Å². The van der Waals surface area contributed by atoms with Gasteiger partial charge in [0.25, 0.3) is 0 Å². The lowest BCUT2D eigenvalue weighted by molar-refractivity contribution is -0.137. The van der Waals surface area contributed by atoms with E-state index in [9.17, 15) is 14.0 Å². The second kappa shape index (κ2) is 9.18. The number of unbranched alkanes of at least 4 members (excludes halogenated alkanes) is 1. The number of hydrogen-bond donors (Lipinski definition) is 2. The molecule has 4 nitrogen and oxygen atoms in total. The SMILES string of the molecule is O=C(O)CCCCC(=O)NC(c1cccc(F)c1)c1cccc(Cl)c1. The third-order valence-electron chi connectivity index (χ3n) is 3.71. The van der Waals surface area contributed by atoms with Gasteiger partial charge in [-0.15, -0.1) is 0 Å². The zero-order valence-corrected chi connectivity index (χ0v) is 14.3. The van der Waals surface area contributed by atoms with Gasteiger partial charge in [-0.3, -0.25) is 9.59 Å². The van der Waals surface area contributed by atoms with Gasteiger partial charge in [0.15, 0.2) is 0 Å². The molecule has 0 saturated heterocycles. The molecule has 0 spiro atoms. The molecule has 2 aromatic rings. The van der Waals surface area contributed by atoms with Gasteiger partial charge in [0.1, 0.15) is 5.82 Å². The Morgan fingerprint density at radius 1 is 1.04 bits per heavy atom. The van der Waals surface area contributed by atoms with E-state index in [1.165, 1.54) is 12.1 Å². The lowest BCUT2D eigenvalue weighted by atomic mass is 9.98. The van der Waals surface area contributed by atoms with E-state index in [0.29, 0.717) is 23.4 Å². The van der Waals surface area contributed by atoms with Crippen molar-refractivity contribution in [3.8, 4) is 0 Å². The number of carbonyl (C=O) groups excluding carboxylic acids is 1. The van der Waals surface area contributed by atoms with Gasteiger partial charge in [-0.05, 0) is 48.2 Å². The molecular weight excluding hydrogens is 345 g/mol. The Hall–Kier alpha value is -2.40. The maximum Gasteiger partial charge on any atom is 0.303 e. The van der Waals surface area contributed by atoms with E-state index in [1.807, 2.05) is 6.07 Å². The topological polar surface area (TPSA) is 66.4 Å². The molecule has 2 rings (SSSR count). The number of carboxylic acid groups (broad SMARTS) is 1. The molecule has 1 atom stereocenters.